The molecule has 3 heterocycles. The maximum absolute atomic E-state index is 12.0. The number of benzene rings is 1. The molecule has 2 unspecified atom stereocenters. The van der Waals surface area contributed by atoms with Crippen LogP contribution in [0.1, 0.15) is 36.1 Å². The molecule has 3 atom stereocenters. The summed E-state index contributed by atoms with van der Waals surface area (Å²) < 4.78 is 35.1. The molecule has 0 bridgehead atoms. The van der Waals surface area contributed by atoms with Crippen molar-refractivity contribution in [3.05, 3.63) is 58.5 Å². The van der Waals surface area contributed by atoms with E-state index in [0.29, 0.717) is 17.2 Å². The molecule has 1 aromatic carbocycles. The van der Waals surface area contributed by atoms with E-state index in [1.165, 1.54) is 18.2 Å². The first-order chi connectivity index (χ1) is 17.0. The van der Waals surface area contributed by atoms with Gasteiger partial charge in [-0.15, -0.1) is 0 Å². The van der Waals surface area contributed by atoms with Gasteiger partial charge < -0.3 is 28.8 Å². The summed E-state index contributed by atoms with van der Waals surface area (Å²) in [6.07, 6.45) is 2.41. The number of methoxy groups -OCH3 is 1. The lowest BCUT2D eigenvalue weighted by atomic mass is 9.99. The van der Waals surface area contributed by atoms with Crippen LogP contribution in [0.2, 0.25) is 5.15 Å². The Kier molecular flexibility index (Phi) is 8.24. The molecule has 0 spiro atoms. The lowest BCUT2D eigenvalue weighted by molar-refractivity contribution is 0.0440. The molecule has 4 rings (SSSR count). The van der Waals surface area contributed by atoms with E-state index in [-0.39, 0.29) is 12.5 Å². The molecule has 0 saturated carbocycles. The minimum absolute atomic E-state index is 0.158. The number of nitrogens with zero attached hydrogens (tertiary/aromatic N) is 4. The van der Waals surface area contributed by atoms with Gasteiger partial charge >= 0.3 is 15.2 Å². The molecule has 3 aromatic rings. The Labute approximate surface area is 213 Å². The van der Waals surface area contributed by atoms with Crippen molar-refractivity contribution >= 4 is 38.1 Å². The summed E-state index contributed by atoms with van der Waals surface area (Å²) in [5, 5.41) is 4.79. The van der Waals surface area contributed by atoms with Crippen molar-refractivity contribution in [2.75, 3.05) is 31.1 Å². The maximum Gasteiger partial charge on any atom is 0.340 e. The second-order valence-corrected chi connectivity index (χ2v) is 13.3. The molecule has 3 N–H and O–H groups in total. The summed E-state index contributed by atoms with van der Waals surface area (Å²) >= 11 is 6.41. The van der Waals surface area contributed by atoms with Crippen molar-refractivity contribution < 1.29 is 33.1 Å². The van der Waals surface area contributed by atoms with E-state index in [1.54, 1.807) is 10.7 Å². The van der Waals surface area contributed by atoms with E-state index in [4.69, 9.17) is 30.6 Å². The summed E-state index contributed by atoms with van der Waals surface area (Å²) in [6, 6.07) is 10.2. The summed E-state index contributed by atoms with van der Waals surface area (Å²) in [5.74, 6) is -1.40. The largest absolute Gasteiger partial charge is 0.379 e. The first kappa shape index (κ1) is 27.2. The van der Waals surface area contributed by atoms with E-state index in [0.717, 1.165) is 30.9 Å². The third kappa shape index (κ3) is 6.54. The van der Waals surface area contributed by atoms with E-state index in [2.05, 4.69) is 27.1 Å². The van der Waals surface area contributed by atoms with Crippen molar-refractivity contribution in [1.82, 2.24) is 14.6 Å². The van der Waals surface area contributed by atoms with Gasteiger partial charge in [0.05, 0.1) is 30.3 Å². The van der Waals surface area contributed by atoms with Gasteiger partial charge in [-0.05, 0) is 24.0 Å². The molecule has 2 aromatic heterocycles. The van der Waals surface area contributed by atoms with Gasteiger partial charge in [-0.1, -0.05) is 42.8 Å². The maximum atomic E-state index is 12.0. The smallest absolute Gasteiger partial charge is 0.340 e. The van der Waals surface area contributed by atoms with Crippen molar-refractivity contribution in [1.29, 1.82) is 0 Å². The number of hydrogen-bond acceptors (Lipinski definition) is 7. The van der Waals surface area contributed by atoms with Crippen LogP contribution in [0.25, 0.3) is 5.65 Å². The van der Waals surface area contributed by atoms with Crippen molar-refractivity contribution in [2.24, 2.45) is 0 Å². The Morgan fingerprint density at radius 2 is 1.92 bits per heavy atom. The fourth-order valence-corrected chi connectivity index (χ4v) is 7.20. The molecular weight excluding hydrogens is 530 g/mol. The number of imidazole rings is 1. The van der Waals surface area contributed by atoms with Crippen molar-refractivity contribution in [2.45, 2.75) is 38.3 Å². The Morgan fingerprint density at radius 1 is 1.19 bits per heavy atom. The second kappa shape index (κ2) is 10.9. The SMILES string of the molecule is CO[C@H](COP(=O)(O)CP(=O)(O)O)CC(C)c1cnc2c(N3CCc4ccccc4C3)cc(Cl)nn12. The van der Waals surface area contributed by atoms with Crippen LogP contribution in [0, 0.1) is 0 Å². The first-order valence-electron chi connectivity index (χ1n) is 11.4. The highest BCUT2D eigenvalue weighted by molar-refractivity contribution is 7.70. The molecule has 196 valence electrons. The first-order valence-corrected chi connectivity index (χ1v) is 15.3. The predicted molar refractivity (Wildman–Crippen MR) is 136 cm³/mol. The van der Waals surface area contributed by atoms with Crippen LogP contribution in [0.5, 0.6) is 0 Å². The van der Waals surface area contributed by atoms with E-state index in [1.807, 2.05) is 25.1 Å². The Balaban J connectivity index is 1.51. The zero-order valence-corrected chi connectivity index (χ0v) is 22.4. The molecule has 36 heavy (non-hydrogen) atoms. The summed E-state index contributed by atoms with van der Waals surface area (Å²) in [7, 11) is -7.74. The lowest BCUT2D eigenvalue weighted by Gasteiger charge is -2.30. The van der Waals surface area contributed by atoms with Gasteiger partial charge in [0, 0.05) is 32.2 Å². The van der Waals surface area contributed by atoms with Crippen LogP contribution in [-0.2, 0) is 31.4 Å². The van der Waals surface area contributed by atoms with Crippen molar-refractivity contribution in [3.63, 3.8) is 0 Å². The summed E-state index contributed by atoms with van der Waals surface area (Å²) in [4.78, 5) is 34.5. The molecule has 0 amide bonds. The molecule has 0 saturated heterocycles. The van der Waals surface area contributed by atoms with E-state index >= 15 is 0 Å². The van der Waals surface area contributed by atoms with Gasteiger partial charge in [-0.2, -0.15) is 5.10 Å². The van der Waals surface area contributed by atoms with E-state index < -0.39 is 27.2 Å². The number of aromatic nitrogens is 3. The average molecular weight is 559 g/mol. The monoisotopic (exact) mass is 558 g/mol. The van der Waals surface area contributed by atoms with Crippen LogP contribution < -0.4 is 4.90 Å². The fraction of sp³-hybridized carbons (Fsp3) is 0.455. The standard InChI is InChI=1S/C22H29ClN4O7P2/c1-15(9-18(33-2)13-34-36(31,32)14-35(28,29)30)20-11-24-22-19(10-21(23)25-27(20)22)26-8-7-16-5-3-4-6-17(16)12-26/h3-6,10-11,15,18H,7-9,12-14H2,1-2H3,(H,31,32)(H2,28,29,30)/t15?,18-/m0/s1. The van der Waals surface area contributed by atoms with Gasteiger partial charge in [0.15, 0.2) is 16.7 Å². The molecular formula is C22H29ClN4O7P2. The van der Waals surface area contributed by atoms with Gasteiger partial charge in [0.25, 0.3) is 0 Å². The van der Waals surface area contributed by atoms with Gasteiger partial charge in [-0.25, -0.2) is 9.50 Å². The Hall–Kier alpha value is -1.81. The highest BCUT2D eigenvalue weighted by atomic mass is 35.5. The Bertz CT molecular complexity index is 1330. The van der Waals surface area contributed by atoms with Crippen LogP contribution >= 0.6 is 26.8 Å². The fourth-order valence-electron chi connectivity index (χ4n) is 4.43. The zero-order valence-electron chi connectivity index (χ0n) is 19.9. The summed E-state index contributed by atoms with van der Waals surface area (Å²) in [6.45, 7) is 3.19. The molecule has 1 aliphatic heterocycles. The topological polar surface area (TPSA) is 147 Å². The molecule has 14 heteroatoms. The number of rotatable bonds is 10. The normalized spacial score (nSPS) is 17.6. The van der Waals surface area contributed by atoms with E-state index in [9.17, 15) is 14.0 Å². The number of ether oxygens (including phenoxy) is 1. The second-order valence-electron chi connectivity index (χ2n) is 8.94. The van der Waals surface area contributed by atoms with Crippen molar-refractivity contribution in [3.8, 4) is 0 Å². The van der Waals surface area contributed by atoms with Crippen LogP contribution in [-0.4, -0.2) is 61.5 Å². The third-order valence-electron chi connectivity index (χ3n) is 6.20. The summed E-state index contributed by atoms with van der Waals surface area (Å²) in [5.41, 5.74) is 4.93. The minimum atomic E-state index is -4.70. The number of anilines is 1. The van der Waals surface area contributed by atoms with Crippen LogP contribution in [0.4, 0.5) is 5.69 Å². The van der Waals surface area contributed by atoms with Gasteiger partial charge in [-0.3, -0.25) is 9.13 Å². The molecule has 0 fully saturated rings. The average Bonchev–Trinajstić information content (AvgIpc) is 3.23. The predicted octanol–water partition coefficient (Wildman–Crippen LogP) is 3.79. The van der Waals surface area contributed by atoms with Gasteiger partial charge in [0.2, 0.25) is 0 Å². The van der Waals surface area contributed by atoms with Crippen LogP contribution in [0.3, 0.4) is 0 Å². The quantitative estimate of drug-likeness (QED) is 0.314. The molecule has 11 nitrogen and oxygen atoms in total. The number of fused-ring (bicyclic) bond motifs is 2. The Morgan fingerprint density at radius 3 is 2.61 bits per heavy atom. The number of halogens is 1. The third-order valence-corrected chi connectivity index (χ3v) is 9.84. The minimum Gasteiger partial charge on any atom is -0.379 e. The highest BCUT2D eigenvalue weighted by Crippen LogP contribution is 2.55. The molecule has 0 radical (unpaired) electrons. The highest BCUT2D eigenvalue weighted by Gasteiger charge is 2.32. The molecule has 0 aliphatic carbocycles. The van der Waals surface area contributed by atoms with Gasteiger partial charge in [0.1, 0.15) is 0 Å². The van der Waals surface area contributed by atoms with Crippen LogP contribution in [0.15, 0.2) is 36.5 Å². The molecule has 1 aliphatic rings. The number of hydrogen-bond donors (Lipinski definition) is 3. The zero-order chi connectivity index (χ0) is 26.1. The lowest BCUT2D eigenvalue weighted by Crippen LogP contribution is -2.31.